The maximum atomic E-state index is 4.88. The van der Waals surface area contributed by atoms with Gasteiger partial charge < -0.3 is 10.2 Å². The fourth-order valence-electron chi connectivity index (χ4n) is 3.35. The van der Waals surface area contributed by atoms with Crippen LogP contribution in [0.1, 0.15) is 56.5 Å². The smallest absolute Gasteiger partial charge is 0.135 e. The summed E-state index contributed by atoms with van der Waals surface area (Å²) in [5.41, 5.74) is 2.88. The zero-order chi connectivity index (χ0) is 16.7. The third kappa shape index (κ3) is 3.10. The van der Waals surface area contributed by atoms with E-state index < -0.39 is 0 Å². The van der Waals surface area contributed by atoms with Crippen LogP contribution in [0.15, 0.2) is 30.3 Å². The van der Waals surface area contributed by atoms with E-state index in [-0.39, 0.29) is 0 Å². The van der Waals surface area contributed by atoms with E-state index in [9.17, 15) is 0 Å². The summed E-state index contributed by atoms with van der Waals surface area (Å²) >= 11 is 0. The molecule has 1 aliphatic carbocycles. The minimum Gasteiger partial charge on any atom is -0.367 e. The van der Waals surface area contributed by atoms with Crippen molar-refractivity contribution in [2.45, 2.75) is 64.6 Å². The molecule has 1 N–H and O–H groups in total. The van der Waals surface area contributed by atoms with Crippen molar-refractivity contribution in [2.75, 3.05) is 10.2 Å². The van der Waals surface area contributed by atoms with E-state index in [4.69, 9.17) is 9.97 Å². The van der Waals surface area contributed by atoms with Crippen LogP contribution >= 0.6 is 0 Å². The summed E-state index contributed by atoms with van der Waals surface area (Å²) in [5.74, 6) is 3.30. The summed E-state index contributed by atoms with van der Waals surface area (Å²) in [6, 6.07) is 11.9. The van der Waals surface area contributed by atoms with Crippen molar-refractivity contribution in [2.24, 2.45) is 0 Å². The first kappa shape index (κ1) is 15.4. The molecule has 2 aromatic rings. The molecular formula is C20H26N4. The van der Waals surface area contributed by atoms with E-state index in [0.717, 1.165) is 30.4 Å². The molecule has 4 nitrogen and oxygen atoms in total. The molecule has 24 heavy (non-hydrogen) atoms. The van der Waals surface area contributed by atoms with Crippen molar-refractivity contribution in [3.8, 4) is 0 Å². The molecule has 0 saturated heterocycles. The van der Waals surface area contributed by atoms with Gasteiger partial charge in [-0.05, 0) is 37.3 Å². The topological polar surface area (TPSA) is 41.1 Å². The molecule has 0 radical (unpaired) electrons. The Morgan fingerprint density at radius 1 is 1.12 bits per heavy atom. The van der Waals surface area contributed by atoms with Crippen LogP contribution in [0, 0.1) is 0 Å². The molecular weight excluding hydrogens is 296 g/mol. The SMILES string of the molecule is CC(C)c1nc(NC2CC2)cc(N2Cc3ccccc3C[C@H]2C)n1. The summed E-state index contributed by atoms with van der Waals surface area (Å²) in [6.07, 6.45) is 3.58. The van der Waals surface area contributed by atoms with Gasteiger partial charge in [0.1, 0.15) is 17.5 Å². The minimum absolute atomic E-state index is 0.331. The molecule has 1 aromatic heterocycles. The number of anilines is 2. The summed E-state index contributed by atoms with van der Waals surface area (Å²) in [4.78, 5) is 12.0. The highest BCUT2D eigenvalue weighted by Gasteiger charge is 2.26. The van der Waals surface area contributed by atoms with Gasteiger partial charge in [0.15, 0.2) is 0 Å². The van der Waals surface area contributed by atoms with E-state index in [2.05, 4.69) is 61.3 Å². The Balaban J connectivity index is 1.68. The van der Waals surface area contributed by atoms with Gasteiger partial charge in [-0.3, -0.25) is 0 Å². The first-order chi connectivity index (χ1) is 11.6. The van der Waals surface area contributed by atoms with E-state index in [1.807, 2.05) is 0 Å². The van der Waals surface area contributed by atoms with Gasteiger partial charge in [0.2, 0.25) is 0 Å². The lowest BCUT2D eigenvalue weighted by atomic mass is 9.95. The maximum absolute atomic E-state index is 4.88. The quantitative estimate of drug-likeness (QED) is 0.919. The average molecular weight is 322 g/mol. The maximum Gasteiger partial charge on any atom is 0.135 e. The first-order valence-electron chi connectivity index (χ1n) is 9.09. The van der Waals surface area contributed by atoms with Gasteiger partial charge in [0.05, 0.1) is 0 Å². The lowest BCUT2D eigenvalue weighted by Crippen LogP contribution is -2.39. The summed E-state index contributed by atoms with van der Waals surface area (Å²) in [6.45, 7) is 7.54. The number of hydrogen-bond acceptors (Lipinski definition) is 4. The van der Waals surface area contributed by atoms with Crippen LogP contribution in [-0.4, -0.2) is 22.1 Å². The number of benzene rings is 1. The second-order valence-corrected chi connectivity index (χ2v) is 7.49. The van der Waals surface area contributed by atoms with Gasteiger partial charge >= 0.3 is 0 Å². The third-order valence-electron chi connectivity index (χ3n) is 4.98. The van der Waals surface area contributed by atoms with E-state index in [0.29, 0.717) is 18.0 Å². The zero-order valence-electron chi connectivity index (χ0n) is 14.8. The second kappa shape index (κ2) is 6.08. The Morgan fingerprint density at radius 2 is 1.88 bits per heavy atom. The van der Waals surface area contributed by atoms with Crippen molar-refractivity contribution in [1.29, 1.82) is 0 Å². The van der Waals surface area contributed by atoms with Gasteiger partial charge in [0.25, 0.3) is 0 Å². The van der Waals surface area contributed by atoms with Crippen LogP contribution in [0.3, 0.4) is 0 Å². The highest BCUT2D eigenvalue weighted by atomic mass is 15.2. The van der Waals surface area contributed by atoms with Crippen LogP contribution in [0.25, 0.3) is 0 Å². The third-order valence-corrected chi connectivity index (χ3v) is 4.98. The van der Waals surface area contributed by atoms with E-state index in [1.54, 1.807) is 0 Å². The highest BCUT2D eigenvalue weighted by Crippen LogP contribution is 2.31. The predicted molar refractivity (Wildman–Crippen MR) is 98.6 cm³/mol. The number of nitrogens with zero attached hydrogens (tertiary/aromatic N) is 3. The molecule has 2 aliphatic rings. The van der Waals surface area contributed by atoms with Crippen LogP contribution in [0.5, 0.6) is 0 Å². The minimum atomic E-state index is 0.331. The lowest BCUT2D eigenvalue weighted by molar-refractivity contribution is 0.583. The molecule has 1 atom stereocenters. The van der Waals surface area contributed by atoms with Gasteiger partial charge in [-0.15, -0.1) is 0 Å². The standard InChI is InChI=1S/C20H26N4/c1-13(2)20-22-18(21-17-8-9-17)11-19(23-20)24-12-16-7-5-4-6-15(16)10-14(24)3/h4-7,11,13-14,17H,8-10,12H2,1-3H3,(H,21,22,23)/t14-/m1/s1. The molecule has 1 aromatic carbocycles. The van der Waals surface area contributed by atoms with E-state index >= 15 is 0 Å². The average Bonchev–Trinajstić information content (AvgIpc) is 3.37. The second-order valence-electron chi connectivity index (χ2n) is 7.49. The van der Waals surface area contributed by atoms with E-state index in [1.165, 1.54) is 24.0 Å². The Morgan fingerprint density at radius 3 is 2.58 bits per heavy atom. The van der Waals surface area contributed by atoms with Crippen LogP contribution in [0.2, 0.25) is 0 Å². The Labute approximate surface area is 144 Å². The van der Waals surface area contributed by atoms with Crippen molar-refractivity contribution < 1.29 is 0 Å². The van der Waals surface area contributed by atoms with Gasteiger partial charge in [-0.25, -0.2) is 9.97 Å². The molecule has 0 spiro atoms. The molecule has 1 aliphatic heterocycles. The molecule has 2 heterocycles. The van der Waals surface area contributed by atoms with Crippen molar-refractivity contribution >= 4 is 11.6 Å². The number of fused-ring (bicyclic) bond motifs is 1. The molecule has 0 bridgehead atoms. The fraction of sp³-hybridized carbons (Fsp3) is 0.500. The lowest BCUT2D eigenvalue weighted by Gasteiger charge is -2.36. The van der Waals surface area contributed by atoms with Crippen molar-refractivity contribution in [3.63, 3.8) is 0 Å². The summed E-state index contributed by atoms with van der Waals surface area (Å²) in [7, 11) is 0. The summed E-state index contributed by atoms with van der Waals surface area (Å²) < 4.78 is 0. The van der Waals surface area contributed by atoms with Crippen LogP contribution in [-0.2, 0) is 13.0 Å². The van der Waals surface area contributed by atoms with Crippen LogP contribution in [0.4, 0.5) is 11.6 Å². The Kier molecular flexibility index (Phi) is 3.91. The molecule has 1 fully saturated rings. The number of nitrogens with one attached hydrogen (secondary N) is 1. The largest absolute Gasteiger partial charge is 0.367 e. The highest BCUT2D eigenvalue weighted by molar-refractivity contribution is 5.53. The molecule has 4 rings (SSSR count). The predicted octanol–water partition coefficient (Wildman–Crippen LogP) is 4.13. The van der Waals surface area contributed by atoms with Gasteiger partial charge in [0, 0.05) is 30.6 Å². The number of rotatable bonds is 4. The Bertz CT molecular complexity index is 736. The van der Waals surface area contributed by atoms with Crippen molar-refractivity contribution in [3.05, 3.63) is 47.3 Å². The van der Waals surface area contributed by atoms with Gasteiger partial charge in [-0.2, -0.15) is 0 Å². The normalized spacial score (nSPS) is 20.2. The first-order valence-corrected chi connectivity index (χ1v) is 9.09. The van der Waals surface area contributed by atoms with Crippen LogP contribution < -0.4 is 10.2 Å². The zero-order valence-corrected chi connectivity index (χ0v) is 14.8. The molecule has 0 amide bonds. The summed E-state index contributed by atoms with van der Waals surface area (Å²) in [5, 5.41) is 3.55. The molecule has 4 heteroatoms. The van der Waals surface area contributed by atoms with Crippen molar-refractivity contribution in [1.82, 2.24) is 9.97 Å². The number of aromatic nitrogens is 2. The monoisotopic (exact) mass is 322 g/mol. The van der Waals surface area contributed by atoms with Gasteiger partial charge in [-0.1, -0.05) is 38.1 Å². The number of hydrogen-bond donors (Lipinski definition) is 1. The Hall–Kier alpha value is -2.10. The molecule has 1 saturated carbocycles. The molecule has 0 unspecified atom stereocenters. The fourth-order valence-corrected chi connectivity index (χ4v) is 3.35. The molecule has 126 valence electrons.